The van der Waals surface area contributed by atoms with Gasteiger partial charge in [0.05, 0.1) is 5.69 Å². The van der Waals surface area contributed by atoms with Gasteiger partial charge in [-0.25, -0.2) is 4.98 Å². The highest BCUT2D eigenvalue weighted by molar-refractivity contribution is 6.12. The van der Waals surface area contributed by atoms with Crippen molar-refractivity contribution in [2.75, 3.05) is 51.5 Å². The van der Waals surface area contributed by atoms with Gasteiger partial charge in [-0.3, -0.25) is 9.79 Å². The van der Waals surface area contributed by atoms with E-state index in [-0.39, 0.29) is 5.91 Å². The number of benzene rings is 2. The van der Waals surface area contributed by atoms with E-state index in [0.717, 1.165) is 74.6 Å². The topological polar surface area (TPSA) is 103 Å². The first kappa shape index (κ1) is 29.3. The molecule has 4 N–H and O–H groups in total. The molecule has 8 heteroatoms. The molecular formula is C33H39N7O. The maximum atomic E-state index is 12.2. The lowest BCUT2D eigenvalue weighted by Gasteiger charge is -2.21. The number of likely N-dealkylation sites (N-methyl/N-ethyl adjacent to an activating group) is 2. The van der Waals surface area contributed by atoms with Crippen LogP contribution in [0.15, 0.2) is 78.1 Å². The largest absolute Gasteiger partial charge is 0.402 e. The number of nitrogens with two attached hydrogens (primary N) is 1. The molecule has 0 radical (unpaired) electrons. The number of hydrogen-bond acceptors (Lipinski definition) is 6. The van der Waals surface area contributed by atoms with Gasteiger partial charge in [0.15, 0.2) is 0 Å². The number of aryl methyl sites for hydroxylation is 1. The lowest BCUT2D eigenvalue weighted by atomic mass is 9.96. The number of fused-ring (bicyclic) bond motifs is 1. The molecule has 4 rings (SSSR count). The van der Waals surface area contributed by atoms with E-state index in [9.17, 15) is 4.79 Å². The predicted molar refractivity (Wildman–Crippen MR) is 174 cm³/mol. The standard InChI is InChI=1S/C33H39N7O/c1-8-30(41)37-29-18-24(10-9-21(29)2)31-27-17-25(28(20-35-4)22(3)34)19-36-33(27)38-32(31)23-11-13-26(14-12-23)40(7)16-15-39(5)6/h8-14,17-20H,1,15-16,34H2,2-7H3,(H,36,38)(H,37,41)/b28-22+,35-20?. The molecule has 212 valence electrons. The van der Waals surface area contributed by atoms with E-state index in [2.05, 4.69) is 89.2 Å². The average molecular weight is 550 g/mol. The van der Waals surface area contributed by atoms with Crippen LogP contribution in [0.5, 0.6) is 0 Å². The Morgan fingerprint density at radius 3 is 2.44 bits per heavy atom. The summed E-state index contributed by atoms with van der Waals surface area (Å²) in [6.07, 6.45) is 4.84. The van der Waals surface area contributed by atoms with Gasteiger partial charge in [-0.2, -0.15) is 0 Å². The number of pyridine rings is 1. The van der Waals surface area contributed by atoms with Crippen LogP contribution in [0.1, 0.15) is 18.1 Å². The van der Waals surface area contributed by atoms with Gasteiger partial charge in [0.25, 0.3) is 0 Å². The molecule has 0 aliphatic heterocycles. The summed E-state index contributed by atoms with van der Waals surface area (Å²) in [5.41, 5.74) is 16.1. The summed E-state index contributed by atoms with van der Waals surface area (Å²) in [4.78, 5) is 29.1. The van der Waals surface area contributed by atoms with Gasteiger partial charge in [-0.1, -0.05) is 30.8 Å². The maximum Gasteiger partial charge on any atom is 0.247 e. The molecule has 0 atom stereocenters. The van der Waals surface area contributed by atoms with Crippen molar-refractivity contribution in [3.63, 3.8) is 0 Å². The van der Waals surface area contributed by atoms with Crippen LogP contribution in [0.3, 0.4) is 0 Å². The molecule has 0 unspecified atom stereocenters. The van der Waals surface area contributed by atoms with Crippen LogP contribution in [0.25, 0.3) is 39.0 Å². The number of hydrogen-bond donors (Lipinski definition) is 3. The van der Waals surface area contributed by atoms with Crippen molar-refractivity contribution < 1.29 is 4.79 Å². The second-order valence-corrected chi connectivity index (χ2v) is 10.5. The molecule has 4 aromatic rings. The number of aliphatic imine (C=N–C) groups is 1. The predicted octanol–water partition coefficient (Wildman–Crippen LogP) is 5.72. The summed E-state index contributed by atoms with van der Waals surface area (Å²) in [6.45, 7) is 9.31. The molecule has 0 spiro atoms. The van der Waals surface area contributed by atoms with Crippen molar-refractivity contribution in [2.45, 2.75) is 13.8 Å². The van der Waals surface area contributed by atoms with E-state index in [1.807, 2.05) is 32.2 Å². The Labute approximate surface area is 242 Å². The van der Waals surface area contributed by atoms with Crippen molar-refractivity contribution in [1.82, 2.24) is 14.9 Å². The number of aromatic amines is 1. The Balaban J connectivity index is 1.90. The minimum absolute atomic E-state index is 0.255. The number of nitrogens with zero attached hydrogens (tertiary/aromatic N) is 4. The van der Waals surface area contributed by atoms with E-state index in [4.69, 9.17) is 10.7 Å². The van der Waals surface area contributed by atoms with Crippen molar-refractivity contribution in [3.8, 4) is 22.4 Å². The van der Waals surface area contributed by atoms with Crippen LogP contribution in [0.4, 0.5) is 11.4 Å². The summed E-state index contributed by atoms with van der Waals surface area (Å²) in [5.74, 6) is -0.255. The molecule has 41 heavy (non-hydrogen) atoms. The Kier molecular flexibility index (Phi) is 9.04. The van der Waals surface area contributed by atoms with Crippen molar-refractivity contribution in [3.05, 3.63) is 84.2 Å². The number of carbonyl (C=O) groups is 1. The van der Waals surface area contributed by atoms with E-state index in [0.29, 0.717) is 5.70 Å². The van der Waals surface area contributed by atoms with Crippen molar-refractivity contribution in [2.24, 2.45) is 10.7 Å². The molecule has 0 bridgehead atoms. The van der Waals surface area contributed by atoms with Gasteiger partial charge in [0.2, 0.25) is 5.91 Å². The lowest BCUT2D eigenvalue weighted by molar-refractivity contribution is -0.111. The molecule has 0 aliphatic carbocycles. The summed E-state index contributed by atoms with van der Waals surface area (Å²) >= 11 is 0. The molecule has 1 amide bonds. The van der Waals surface area contributed by atoms with Gasteiger partial charge in [-0.15, -0.1) is 0 Å². The fourth-order valence-corrected chi connectivity index (χ4v) is 4.72. The molecule has 2 aromatic heterocycles. The third-order valence-corrected chi connectivity index (χ3v) is 7.09. The SMILES string of the molecule is C=CC(=O)Nc1cc(-c2c(-c3ccc(N(C)CCN(C)C)cc3)[nH]c3ncc(/C(C=NC)=C(\C)N)cc23)ccc1C. The van der Waals surface area contributed by atoms with Crippen molar-refractivity contribution >= 4 is 40.1 Å². The Bertz CT molecular complexity index is 1620. The maximum absolute atomic E-state index is 12.2. The van der Waals surface area contributed by atoms with E-state index in [1.54, 1.807) is 13.3 Å². The highest BCUT2D eigenvalue weighted by Crippen LogP contribution is 2.40. The van der Waals surface area contributed by atoms with Crippen LogP contribution >= 0.6 is 0 Å². The Morgan fingerprint density at radius 2 is 1.80 bits per heavy atom. The third-order valence-electron chi connectivity index (χ3n) is 7.09. The number of H-pyrrole nitrogens is 1. The lowest BCUT2D eigenvalue weighted by Crippen LogP contribution is -2.28. The van der Waals surface area contributed by atoms with Gasteiger partial charge in [0.1, 0.15) is 5.65 Å². The quantitative estimate of drug-likeness (QED) is 0.174. The van der Waals surface area contributed by atoms with Crippen LogP contribution in [0, 0.1) is 6.92 Å². The molecule has 0 aliphatic rings. The molecule has 2 heterocycles. The highest BCUT2D eigenvalue weighted by Gasteiger charge is 2.19. The second-order valence-electron chi connectivity index (χ2n) is 10.5. The zero-order chi connectivity index (χ0) is 29.7. The van der Waals surface area contributed by atoms with E-state index in [1.165, 1.54) is 6.08 Å². The number of nitrogens with one attached hydrogen (secondary N) is 2. The second kappa shape index (κ2) is 12.7. The molecule has 0 fully saturated rings. The van der Waals surface area contributed by atoms with E-state index < -0.39 is 0 Å². The molecular weight excluding hydrogens is 510 g/mol. The smallest absolute Gasteiger partial charge is 0.247 e. The summed E-state index contributed by atoms with van der Waals surface area (Å²) in [6, 6.07) is 16.7. The zero-order valence-electron chi connectivity index (χ0n) is 24.7. The first-order valence-electron chi connectivity index (χ1n) is 13.5. The number of amides is 1. The van der Waals surface area contributed by atoms with Crippen molar-refractivity contribution in [1.29, 1.82) is 0 Å². The van der Waals surface area contributed by atoms with Gasteiger partial charge >= 0.3 is 0 Å². The first-order chi connectivity index (χ1) is 19.6. The number of rotatable bonds is 10. The monoisotopic (exact) mass is 549 g/mol. The van der Waals surface area contributed by atoms with Crippen LogP contribution in [-0.4, -0.2) is 68.3 Å². The molecule has 2 aromatic carbocycles. The summed E-state index contributed by atoms with van der Waals surface area (Å²) < 4.78 is 0. The number of carbonyl (C=O) groups excluding carboxylic acids is 1. The minimum atomic E-state index is -0.255. The highest BCUT2D eigenvalue weighted by atomic mass is 16.1. The summed E-state index contributed by atoms with van der Waals surface area (Å²) in [7, 11) is 7.99. The third kappa shape index (κ3) is 6.56. The van der Waals surface area contributed by atoms with Crippen LogP contribution < -0.4 is 16.0 Å². The number of anilines is 2. The van der Waals surface area contributed by atoms with Gasteiger partial charge in [0, 0.05) is 78.8 Å². The number of aromatic nitrogens is 2. The van der Waals surface area contributed by atoms with Crippen LogP contribution in [-0.2, 0) is 4.79 Å². The number of allylic oxidation sites excluding steroid dienone is 2. The molecule has 8 nitrogen and oxygen atoms in total. The minimum Gasteiger partial charge on any atom is -0.402 e. The van der Waals surface area contributed by atoms with Crippen LogP contribution in [0.2, 0.25) is 0 Å². The fraction of sp³-hybridized carbons (Fsp3) is 0.242. The fourth-order valence-electron chi connectivity index (χ4n) is 4.72. The van der Waals surface area contributed by atoms with Gasteiger partial charge in [-0.05, 0) is 75.0 Å². The van der Waals surface area contributed by atoms with E-state index >= 15 is 0 Å². The Morgan fingerprint density at radius 1 is 1.10 bits per heavy atom. The Hall–Kier alpha value is -4.69. The average Bonchev–Trinajstić information content (AvgIpc) is 3.34. The normalized spacial score (nSPS) is 12.2. The zero-order valence-corrected chi connectivity index (χ0v) is 24.7. The van der Waals surface area contributed by atoms with Gasteiger partial charge < -0.3 is 25.8 Å². The first-order valence-corrected chi connectivity index (χ1v) is 13.5. The summed E-state index contributed by atoms with van der Waals surface area (Å²) in [5, 5.41) is 3.88. The molecule has 0 saturated carbocycles. The molecule has 0 saturated heterocycles.